The highest BCUT2D eigenvalue weighted by Gasteiger charge is 2.36. The molecule has 0 aliphatic carbocycles. The maximum atomic E-state index is 12.9. The van der Waals surface area contributed by atoms with E-state index in [4.69, 9.17) is 17.0 Å². The Balaban J connectivity index is 1.54. The van der Waals surface area contributed by atoms with Crippen molar-refractivity contribution in [1.29, 1.82) is 0 Å². The van der Waals surface area contributed by atoms with E-state index < -0.39 is 10.0 Å². The Morgan fingerprint density at radius 1 is 1.13 bits per heavy atom. The number of amides is 1. The molecule has 0 bridgehead atoms. The van der Waals surface area contributed by atoms with Gasteiger partial charge >= 0.3 is 0 Å². The largest absolute Gasteiger partial charge is 0.488 e. The molecule has 0 atom stereocenters. The second-order valence-corrected chi connectivity index (χ2v) is 11.1. The molecule has 7 nitrogen and oxygen atoms in total. The molecular weight excluding hydrogens is 454 g/mol. The molecule has 0 saturated carbocycles. The Morgan fingerprint density at radius 2 is 1.81 bits per heavy atom. The molecule has 160 valence electrons. The van der Waals surface area contributed by atoms with E-state index in [-0.39, 0.29) is 26.6 Å². The molecule has 2 aliphatic rings. The number of nitrogens with one attached hydrogen (secondary N) is 1. The topological polar surface area (TPSA) is 88.1 Å². The van der Waals surface area contributed by atoms with Crippen molar-refractivity contribution in [3.05, 3.63) is 64.6 Å². The van der Waals surface area contributed by atoms with Crippen molar-refractivity contribution in [2.75, 3.05) is 0 Å². The first kappa shape index (κ1) is 21.5. The maximum absolute atomic E-state index is 12.9. The van der Waals surface area contributed by atoms with E-state index in [1.807, 2.05) is 45.0 Å². The number of amidine groups is 1. The quantitative estimate of drug-likeness (QED) is 0.537. The van der Waals surface area contributed by atoms with Crippen LogP contribution >= 0.6 is 24.0 Å². The zero-order valence-electron chi connectivity index (χ0n) is 16.9. The summed E-state index contributed by atoms with van der Waals surface area (Å²) in [6, 6.07) is 13.8. The molecule has 0 unspecified atom stereocenters. The van der Waals surface area contributed by atoms with Gasteiger partial charge in [-0.1, -0.05) is 36.0 Å². The van der Waals surface area contributed by atoms with Crippen molar-refractivity contribution >= 4 is 56.1 Å². The van der Waals surface area contributed by atoms with Gasteiger partial charge in [0.1, 0.15) is 16.2 Å². The number of carbonyl (C=O) groups excluding carboxylic acids is 1. The predicted molar refractivity (Wildman–Crippen MR) is 125 cm³/mol. The molecule has 2 aromatic rings. The zero-order valence-corrected chi connectivity index (χ0v) is 19.4. The zero-order chi connectivity index (χ0) is 22.4. The van der Waals surface area contributed by atoms with E-state index >= 15 is 0 Å². The van der Waals surface area contributed by atoms with Crippen LogP contribution in [-0.2, 0) is 14.8 Å². The van der Waals surface area contributed by atoms with Gasteiger partial charge in [-0.3, -0.25) is 10.2 Å². The van der Waals surface area contributed by atoms with Crippen molar-refractivity contribution in [2.24, 2.45) is 4.40 Å². The van der Waals surface area contributed by atoms with Gasteiger partial charge in [0.2, 0.25) is 0 Å². The van der Waals surface area contributed by atoms with Crippen LogP contribution in [0.25, 0.3) is 6.08 Å². The fraction of sp³-hybridized carbons (Fsp3) is 0.190. The Bertz CT molecular complexity index is 1240. The van der Waals surface area contributed by atoms with Crippen LogP contribution in [0.1, 0.15) is 31.9 Å². The van der Waals surface area contributed by atoms with Crippen LogP contribution in [0.3, 0.4) is 0 Å². The van der Waals surface area contributed by atoms with E-state index in [0.29, 0.717) is 10.5 Å². The maximum Gasteiger partial charge on any atom is 0.285 e. The summed E-state index contributed by atoms with van der Waals surface area (Å²) >= 11 is 6.45. The van der Waals surface area contributed by atoms with E-state index in [9.17, 15) is 13.2 Å². The smallest absolute Gasteiger partial charge is 0.285 e. The van der Waals surface area contributed by atoms with Gasteiger partial charge < -0.3 is 4.74 Å². The molecule has 1 N–H and O–H groups in total. The molecule has 0 aromatic heterocycles. The Labute approximate surface area is 190 Å². The minimum atomic E-state index is -3.80. The van der Waals surface area contributed by atoms with E-state index in [1.54, 1.807) is 24.3 Å². The summed E-state index contributed by atoms with van der Waals surface area (Å²) in [4.78, 5) is 13.4. The lowest BCUT2D eigenvalue weighted by molar-refractivity contribution is -0.123. The monoisotopic (exact) mass is 473 g/mol. The van der Waals surface area contributed by atoms with Gasteiger partial charge in [0.15, 0.2) is 10.2 Å². The first-order valence-electron chi connectivity index (χ1n) is 9.32. The van der Waals surface area contributed by atoms with Crippen LogP contribution in [-0.4, -0.2) is 35.1 Å². The highest BCUT2D eigenvalue weighted by atomic mass is 32.2. The Kier molecular flexibility index (Phi) is 5.40. The number of benzene rings is 2. The van der Waals surface area contributed by atoms with Gasteiger partial charge in [0.05, 0.1) is 4.91 Å². The molecule has 1 fully saturated rings. The number of hydrogen-bond donors (Lipinski definition) is 1. The fourth-order valence-corrected chi connectivity index (χ4v) is 5.34. The molecule has 0 radical (unpaired) electrons. The fourth-order valence-electron chi connectivity index (χ4n) is 2.99. The summed E-state index contributed by atoms with van der Waals surface area (Å²) in [6.45, 7) is 5.91. The normalized spacial score (nSPS) is 18.9. The summed E-state index contributed by atoms with van der Waals surface area (Å²) in [5.41, 5.74) is 3.68. The SMILES string of the molecule is CC(C)(C)Oc1ccc(/C=C2\SC(=S)N(NC3=NS(=O)(=O)c4ccccc43)C2=O)cc1. The number of thiocarbonyl (C=S) groups is 1. The van der Waals surface area contributed by atoms with Crippen molar-refractivity contribution in [3.63, 3.8) is 0 Å². The molecule has 4 rings (SSSR count). The Hall–Kier alpha value is -2.69. The third kappa shape index (κ3) is 4.51. The lowest BCUT2D eigenvalue weighted by Crippen LogP contribution is -2.44. The van der Waals surface area contributed by atoms with Gasteiger partial charge in [-0.15, -0.1) is 4.40 Å². The average Bonchev–Trinajstić information content (AvgIpc) is 3.10. The number of hydrogen-bond acceptors (Lipinski definition) is 7. The number of hydrazine groups is 1. The molecular formula is C21H19N3O4S3. The lowest BCUT2D eigenvalue weighted by atomic mass is 10.1. The standard InChI is InChI=1S/C21H19N3O4S3/c1-21(2,3)28-14-10-8-13(9-11-14)12-16-19(25)24(20(29)30-16)22-18-15-6-4-5-7-17(15)31(26,27)23-18/h4-12H,1-3H3,(H,22,23)/b16-12-. The van der Waals surface area contributed by atoms with Gasteiger partial charge in [-0.25, -0.2) is 0 Å². The molecule has 2 heterocycles. The molecule has 2 aliphatic heterocycles. The van der Waals surface area contributed by atoms with Crippen molar-refractivity contribution in [1.82, 2.24) is 10.4 Å². The van der Waals surface area contributed by atoms with Crippen LogP contribution in [0.2, 0.25) is 0 Å². The second kappa shape index (κ2) is 7.77. The molecule has 31 heavy (non-hydrogen) atoms. The summed E-state index contributed by atoms with van der Waals surface area (Å²) in [6.07, 6.45) is 1.73. The van der Waals surface area contributed by atoms with Gasteiger partial charge in [-0.05, 0) is 68.9 Å². The molecule has 10 heteroatoms. The van der Waals surface area contributed by atoms with E-state index in [0.717, 1.165) is 28.1 Å². The number of ether oxygens (including phenoxy) is 1. The van der Waals surface area contributed by atoms with Crippen molar-refractivity contribution < 1.29 is 17.9 Å². The molecule has 1 amide bonds. The number of thioether (sulfide) groups is 1. The summed E-state index contributed by atoms with van der Waals surface area (Å²) in [5, 5.41) is 1.14. The number of fused-ring (bicyclic) bond motifs is 1. The molecule has 0 spiro atoms. The predicted octanol–water partition coefficient (Wildman–Crippen LogP) is 3.72. The van der Waals surface area contributed by atoms with Crippen LogP contribution in [0.15, 0.2) is 62.7 Å². The molecule has 2 aromatic carbocycles. The highest BCUT2D eigenvalue weighted by molar-refractivity contribution is 8.26. The molecule has 1 saturated heterocycles. The summed E-state index contributed by atoms with van der Waals surface area (Å²) in [5.74, 6) is 0.421. The minimum Gasteiger partial charge on any atom is -0.488 e. The minimum absolute atomic E-state index is 0.0665. The van der Waals surface area contributed by atoms with Crippen LogP contribution in [0, 0.1) is 0 Å². The van der Waals surface area contributed by atoms with Crippen molar-refractivity contribution in [2.45, 2.75) is 31.3 Å². The van der Waals surface area contributed by atoms with Crippen LogP contribution < -0.4 is 10.2 Å². The second-order valence-electron chi connectivity index (χ2n) is 7.82. The highest BCUT2D eigenvalue weighted by Crippen LogP contribution is 2.33. The lowest BCUT2D eigenvalue weighted by Gasteiger charge is -2.21. The Morgan fingerprint density at radius 3 is 2.48 bits per heavy atom. The van der Waals surface area contributed by atoms with Gasteiger partial charge in [0.25, 0.3) is 15.9 Å². The van der Waals surface area contributed by atoms with Gasteiger partial charge in [-0.2, -0.15) is 13.4 Å². The van der Waals surface area contributed by atoms with Crippen molar-refractivity contribution in [3.8, 4) is 5.75 Å². The van der Waals surface area contributed by atoms with E-state index in [2.05, 4.69) is 9.82 Å². The third-order valence-electron chi connectivity index (χ3n) is 4.24. The first-order chi connectivity index (χ1) is 14.5. The number of rotatable bonds is 3. The van der Waals surface area contributed by atoms with Gasteiger partial charge in [0, 0.05) is 5.56 Å². The third-order valence-corrected chi connectivity index (χ3v) is 6.88. The number of sulfonamides is 1. The van der Waals surface area contributed by atoms with E-state index in [1.165, 1.54) is 6.07 Å². The van der Waals surface area contributed by atoms with Crippen LogP contribution in [0.4, 0.5) is 0 Å². The number of nitrogens with zero attached hydrogens (tertiary/aromatic N) is 2. The average molecular weight is 474 g/mol. The first-order valence-corrected chi connectivity index (χ1v) is 12.0. The van der Waals surface area contributed by atoms with Crippen LogP contribution in [0.5, 0.6) is 5.75 Å². The summed E-state index contributed by atoms with van der Waals surface area (Å²) in [7, 11) is -3.80. The number of carbonyl (C=O) groups is 1. The summed E-state index contributed by atoms with van der Waals surface area (Å²) < 4.78 is 34.3.